The molecule has 152 valence electrons. The van der Waals surface area contributed by atoms with Crippen LogP contribution in [0.2, 0.25) is 0 Å². The molecule has 0 fully saturated rings. The van der Waals surface area contributed by atoms with Crippen molar-refractivity contribution in [1.29, 1.82) is 0 Å². The number of fused-ring (bicyclic) bond motifs is 1. The van der Waals surface area contributed by atoms with Gasteiger partial charge in [-0.25, -0.2) is 9.07 Å². The van der Waals surface area contributed by atoms with Crippen LogP contribution < -0.4 is 16.0 Å². The van der Waals surface area contributed by atoms with Gasteiger partial charge in [-0.15, -0.1) is 0 Å². The Kier molecular flexibility index (Phi) is 5.01. The van der Waals surface area contributed by atoms with Crippen LogP contribution in [-0.2, 0) is 14.4 Å². The summed E-state index contributed by atoms with van der Waals surface area (Å²) in [4.78, 5) is 36.2. The van der Waals surface area contributed by atoms with Crippen LogP contribution >= 0.6 is 0 Å². The average molecular weight is 407 g/mol. The number of hydrogen-bond acceptors (Lipinski definition) is 4. The first kappa shape index (κ1) is 19.3. The predicted octanol–water partition coefficient (Wildman–Crippen LogP) is 3.17. The van der Waals surface area contributed by atoms with Crippen LogP contribution in [-0.4, -0.2) is 27.5 Å². The number of anilines is 3. The summed E-state index contributed by atoms with van der Waals surface area (Å²) in [5.41, 5.74) is 2.40. The fourth-order valence-electron chi connectivity index (χ4n) is 3.28. The molecule has 1 aromatic heterocycles. The van der Waals surface area contributed by atoms with Gasteiger partial charge in [0.2, 0.25) is 17.7 Å². The van der Waals surface area contributed by atoms with Gasteiger partial charge in [0, 0.05) is 23.9 Å². The number of nitrogens with one attached hydrogen (secondary N) is 3. The maximum atomic E-state index is 13.2. The Balaban J connectivity index is 1.57. The van der Waals surface area contributed by atoms with Crippen LogP contribution in [0, 0.1) is 5.82 Å². The number of carbonyl (C=O) groups excluding carboxylic acids is 3. The van der Waals surface area contributed by atoms with E-state index < -0.39 is 11.9 Å². The molecule has 0 saturated heterocycles. The number of benzene rings is 2. The molecule has 0 aliphatic carbocycles. The molecule has 0 spiro atoms. The number of aromatic nitrogens is 2. The van der Waals surface area contributed by atoms with Crippen molar-refractivity contribution in [2.24, 2.45) is 0 Å². The summed E-state index contributed by atoms with van der Waals surface area (Å²) >= 11 is 0. The van der Waals surface area contributed by atoms with E-state index in [4.69, 9.17) is 0 Å². The molecule has 1 atom stereocenters. The molecule has 30 heavy (non-hydrogen) atoms. The van der Waals surface area contributed by atoms with Gasteiger partial charge in [0.1, 0.15) is 17.7 Å². The van der Waals surface area contributed by atoms with Crippen LogP contribution in [0.25, 0.3) is 11.1 Å². The van der Waals surface area contributed by atoms with Crippen molar-refractivity contribution < 1.29 is 18.8 Å². The van der Waals surface area contributed by atoms with Crippen molar-refractivity contribution in [3.05, 3.63) is 60.5 Å². The number of nitrogens with zero attached hydrogens (tertiary/aromatic N) is 2. The highest BCUT2D eigenvalue weighted by atomic mass is 19.1. The Morgan fingerprint density at radius 2 is 1.70 bits per heavy atom. The second-order valence-electron chi connectivity index (χ2n) is 6.87. The zero-order valence-corrected chi connectivity index (χ0v) is 16.0. The van der Waals surface area contributed by atoms with E-state index in [-0.39, 0.29) is 24.1 Å². The minimum absolute atomic E-state index is 0.0622. The van der Waals surface area contributed by atoms with Crippen LogP contribution in [0.5, 0.6) is 0 Å². The lowest BCUT2D eigenvalue weighted by Crippen LogP contribution is -2.35. The van der Waals surface area contributed by atoms with Crippen LogP contribution in [0.4, 0.5) is 21.6 Å². The van der Waals surface area contributed by atoms with Crippen LogP contribution in [0.1, 0.15) is 19.4 Å². The molecule has 4 rings (SSSR count). The van der Waals surface area contributed by atoms with E-state index >= 15 is 0 Å². The third kappa shape index (κ3) is 3.90. The number of rotatable bonds is 4. The predicted molar refractivity (Wildman–Crippen MR) is 109 cm³/mol. The van der Waals surface area contributed by atoms with Crippen molar-refractivity contribution in [2.45, 2.75) is 19.4 Å². The maximum Gasteiger partial charge on any atom is 0.249 e. The van der Waals surface area contributed by atoms with E-state index in [2.05, 4.69) is 21.0 Å². The van der Waals surface area contributed by atoms with Gasteiger partial charge in [0.05, 0.1) is 12.6 Å². The molecule has 1 unspecified atom stereocenters. The SMILES string of the molecule is CC(=O)Nc1ccc(NC(=O)C2CC(=O)Nc3c(-c4ccc(F)cc4)cnn32)cc1. The summed E-state index contributed by atoms with van der Waals surface area (Å²) in [6, 6.07) is 11.6. The average Bonchev–Trinajstić information content (AvgIpc) is 3.12. The number of carbonyl (C=O) groups is 3. The number of halogens is 1. The smallest absolute Gasteiger partial charge is 0.249 e. The Morgan fingerprint density at radius 1 is 1.07 bits per heavy atom. The van der Waals surface area contributed by atoms with Crippen LogP contribution in [0.3, 0.4) is 0 Å². The Labute approximate surface area is 171 Å². The number of amides is 3. The lowest BCUT2D eigenvalue weighted by atomic mass is 10.1. The Bertz CT molecular complexity index is 1120. The highest BCUT2D eigenvalue weighted by molar-refractivity contribution is 6.03. The van der Waals surface area contributed by atoms with Gasteiger partial charge in [0.15, 0.2) is 0 Å². The molecule has 3 aromatic rings. The van der Waals surface area contributed by atoms with Gasteiger partial charge >= 0.3 is 0 Å². The first-order valence-electron chi connectivity index (χ1n) is 9.22. The molecular formula is C21H18FN5O3. The standard InChI is InChI=1S/C21H18FN5O3/c1-12(28)24-15-6-8-16(9-7-15)25-21(30)18-10-19(29)26-20-17(11-23-27(18)20)13-2-4-14(22)5-3-13/h2-9,11,18H,10H2,1H3,(H,24,28)(H,25,30)(H,26,29). The third-order valence-corrected chi connectivity index (χ3v) is 4.66. The third-order valence-electron chi connectivity index (χ3n) is 4.66. The van der Waals surface area contributed by atoms with E-state index in [1.807, 2.05) is 0 Å². The van der Waals surface area contributed by atoms with Crippen molar-refractivity contribution in [3.63, 3.8) is 0 Å². The molecule has 9 heteroatoms. The normalized spacial score (nSPS) is 15.1. The lowest BCUT2D eigenvalue weighted by molar-refractivity contribution is -0.125. The van der Waals surface area contributed by atoms with Crippen molar-refractivity contribution in [1.82, 2.24) is 9.78 Å². The van der Waals surface area contributed by atoms with Gasteiger partial charge in [-0.3, -0.25) is 14.4 Å². The summed E-state index contributed by atoms with van der Waals surface area (Å²) in [6.45, 7) is 1.41. The second-order valence-corrected chi connectivity index (χ2v) is 6.87. The zero-order valence-electron chi connectivity index (χ0n) is 16.0. The molecule has 2 heterocycles. The molecule has 0 saturated carbocycles. The molecule has 8 nitrogen and oxygen atoms in total. The van der Waals surface area contributed by atoms with E-state index in [1.165, 1.54) is 29.9 Å². The van der Waals surface area contributed by atoms with Gasteiger partial charge in [-0.05, 0) is 42.0 Å². The zero-order chi connectivity index (χ0) is 21.3. The minimum Gasteiger partial charge on any atom is -0.326 e. The van der Waals surface area contributed by atoms with Gasteiger partial charge < -0.3 is 16.0 Å². The topological polar surface area (TPSA) is 105 Å². The molecule has 3 N–H and O–H groups in total. The lowest BCUT2D eigenvalue weighted by Gasteiger charge is -2.24. The molecule has 2 aromatic carbocycles. The van der Waals surface area contributed by atoms with E-state index in [0.717, 1.165) is 0 Å². The highest BCUT2D eigenvalue weighted by Crippen LogP contribution is 2.34. The monoisotopic (exact) mass is 407 g/mol. The van der Waals surface area contributed by atoms with Crippen molar-refractivity contribution >= 4 is 34.9 Å². The van der Waals surface area contributed by atoms with Gasteiger partial charge in [-0.1, -0.05) is 12.1 Å². The van der Waals surface area contributed by atoms with E-state index in [1.54, 1.807) is 36.4 Å². The number of hydrogen-bond donors (Lipinski definition) is 3. The summed E-state index contributed by atoms with van der Waals surface area (Å²) in [5, 5.41) is 12.4. The molecular weight excluding hydrogens is 389 g/mol. The minimum atomic E-state index is -0.835. The summed E-state index contributed by atoms with van der Waals surface area (Å²) in [7, 11) is 0. The summed E-state index contributed by atoms with van der Waals surface area (Å²) in [5.74, 6) is -0.882. The van der Waals surface area contributed by atoms with Crippen LogP contribution in [0.15, 0.2) is 54.7 Å². The maximum absolute atomic E-state index is 13.2. The van der Waals surface area contributed by atoms with Gasteiger partial charge in [0.25, 0.3) is 0 Å². The summed E-state index contributed by atoms with van der Waals surface area (Å²) < 4.78 is 14.7. The van der Waals surface area contributed by atoms with Gasteiger partial charge in [-0.2, -0.15) is 5.10 Å². The fourth-order valence-corrected chi connectivity index (χ4v) is 3.28. The van der Waals surface area contributed by atoms with Crippen molar-refractivity contribution in [3.8, 4) is 11.1 Å². The van der Waals surface area contributed by atoms with E-state index in [0.29, 0.717) is 28.3 Å². The largest absolute Gasteiger partial charge is 0.326 e. The molecule has 0 bridgehead atoms. The Morgan fingerprint density at radius 3 is 2.33 bits per heavy atom. The fraction of sp³-hybridized carbons (Fsp3) is 0.143. The first-order chi connectivity index (χ1) is 14.4. The Hall–Kier alpha value is -4.01. The molecule has 0 radical (unpaired) electrons. The molecule has 3 amide bonds. The molecule has 1 aliphatic heterocycles. The quantitative estimate of drug-likeness (QED) is 0.618. The van der Waals surface area contributed by atoms with Crippen molar-refractivity contribution in [2.75, 3.05) is 16.0 Å². The highest BCUT2D eigenvalue weighted by Gasteiger charge is 2.33. The first-order valence-corrected chi connectivity index (χ1v) is 9.22. The van der Waals surface area contributed by atoms with E-state index in [9.17, 15) is 18.8 Å². The second kappa shape index (κ2) is 7.78. The molecule has 1 aliphatic rings. The summed E-state index contributed by atoms with van der Waals surface area (Å²) in [6.07, 6.45) is 1.48.